The number of aromatic nitrogens is 2. The summed E-state index contributed by atoms with van der Waals surface area (Å²) in [6.45, 7) is 3.91. The van der Waals surface area contributed by atoms with Crippen LogP contribution in [0.5, 0.6) is 0 Å². The molecule has 202 valence electrons. The summed E-state index contributed by atoms with van der Waals surface area (Å²) in [6.07, 6.45) is 0. The van der Waals surface area contributed by atoms with Gasteiger partial charge in [0.05, 0.1) is 18.3 Å². The maximum atomic E-state index is 14.0. The number of nitrogens with one attached hydrogen (secondary N) is 2. The van der Waals surface area contributed by atoms with Crippen molar-refractivity contribution >= 4 is 17.8 Å². The van der Waals surface area contributed by atoms with Crippen molar-refractivity contribution in [3.05, 3.63) is 77.0 Å². The molecular formula is C27H32F2N6O3. The van der Waals surface area contributed by atoms with Crippen molar-refractivity contribution in [3.63, 3.8) is 0 Å². The van der Waals surface area contributed by atoms with Crippen LogP contribution in [0.4, 0.5) is 19.4 Å². The van der Waals surface area contributed by atoms with E-state index in [9.17, 15) is 18.4 Å². The monoisotopic (exact) mass is 526 g/mol. The van der Waals surface area contributed by atoms with Crippen molar-refractivity contribution in [3.8, 4) is 5.69 Å². The minimum absolute atomic E-state index is 0.223. The summed E-state index contributed by atoms with van der Waals surface area (Å²) < 4.78 is 34.3. The molecular weight excluding hydrogens is 494 g/mol. The first kappa shape index (κ1) is 27.2. The van der Waals surface area contributed by atoms with Crippen molar-refractivity contribution in [1.29, 1.82) is 0 Å². The molecule has 1 aliphatic rings. The number of halogens is 2. The molecule has 0 spiro atoms. The zero-order chi connectivity index (χ0) is 27.4. The molecule has 0 saturated carbocycles. The summed E-state index contributed by atoms with van der Waals surface area (Å²) in [7, 11) is 4.88. The second-order valence-corrected chi connectivity index (χ2v) is 9.51. The molecule has 3 amide bonds. The van der Waals surface area contributed by atoms with Gasteiger partial charge in [0.1, 0.15) is 5.82 Å². The third-order valence-corrected chi connectivity index (χ3v) is 6.66. The molecule has 9 nitrogen and oxygen atoms in total. The Labute approximate surface area is 220 Å². The SMILES string of the molecule is COCCN1CC(NC(=O)Nc2c(C)c(C(=O)N(C)C)nn2-c2ccccc2)C(c2ccc(F)c(F)c2)C1. The third-order valence-electron chi connectivity index (χ3n) is 6.66. The molecule has 2 unspecified atom stereocenters. The molecule has 2 atom stereocenters. The van der Waals surface area contributed by atoms with Crippen LogP contribution in [0.15, 0.2) is 48.5 Å². The van der Waals surface area contributed by atoms with Gasteiger partial charge < -0.3 is 15.0 Å². The number of methoxy groups -OCH3 is 1. The van der Waals surface area contributed by atoms with Crippen molar-refractivity contribution in [2.75, 3.05) is 52.8 Å². The van der Waals surface area contributed by atoms with Gasteiger partial charge in [-0.2, -0.15) is 5.10 Å². The molecule has 3 aromatic rings. The van der Waals surface area contributed by atoms with Crippen LogP contribution in [0.2, 0.25) is 0 Å². The lowest BCUT2D eigenvalue weighted by Gasteiger charge is -2.21. The molecule has 1 aliphatic heterocycles. The Morgan fingerprint density at radius 3 is 2.50 bits per heavy atom. The fourth-order valence-electron chi connectivity index (χ4n) is 4.64. The summed E-state index contributed by atoms with van der Waals surface area (Å²) in [5.74, 6) is -2.04. The number of carbonyl (C=O) groups excluding carboxylic acids is 2. The van der Waals surface area contributed by atoms with Crippen LogP contribution in [0, 0.1) is 18.6 Å². The number of ether oxygens (including phenoxy) is 1. The van der Waals surface area contributed by atoms with Crippen LogP contribution < -0.4 is 10.6 Å². The van der Waals surface area contributed by atoms with E-state index in [1.165, 1.54) is 15.6 Å². The summed E-state index contributed by atoms with van der Waals surface area (Å²) in [5, 5.41) is 10.4. The minimum Gasteiger partial charge on any atom is -0.383 e. The van der Waals surface area contributed by atoms with Crippen molar-refractivity contribution in [2.45, 2.75) is 18.9 Å². The Kier molecular flexibility index (Phi) is 8.38. The number of urea groups is 1. The van der Waals surface area contributed by atoms with Crippen molar-refractivity contribution in [2.24, 2.45) is 0 Å². The standard InChI is InChI=1S/C27H32F2N6O3/c1-17-24(26(36)33(2)3)32-35(19-8-6-5-7-9-19)25(17)31-27(37)30-23-16-34(12-13-38-4)15-20(23)18-10-11-21(28)22(29)14-18/h5-11,14,20,23H,12-13,15-16H2,1-4H3,(H2,30,31,37). The highest BCUT2D eigenvalue weighted by Crippen LogP contribution is 2.29. The molecule has 0 aliphatic carbocycles. The second kappa shape index (κ2) is 11.7. The first-order chi connectivity index (χ1) is 18.2. The minimum atomic E-state index is -0.929. The van der Waals surface area contributed by atoms with Crippen molar-refractivity contribution < 1.29 is 23.1 Å². The summed E-state index contributed by atoms with van der Waals surface area (Å²) in [6, 6.07) is 12.1. The van der Waals surface area contributed by atoms with Crippen LogP contribution in [-0.2, 0) is 4.74 Å². The number of nitrogens with zero attached hydrogens (tertiary/aromatic N) is 4. The van der Waals surface area contributed by atoms with E-state index >= 15 is 0 Å². The molecule has 11 heteroatoms. The highest BCUT2D eigenvalue weighted by molar-refractivity contribution is 5.97. The highest BCUT2D eigenvalue weighted by atomic mass is 19.2. The smallest absolute Gasteiger partial charge is 0.320 e. The second-order valence-electron chi connectivity index (χ2n) is 9.51. The van der Waals surface area contributed by atoms with E-state index in [1.54, 1.807) is 34.2 Å². The molecule has 1 fully saturated rings. The first-order valence-electron chi connectivity index (χ1n) is 12.3. The van der Waals surface area contributed by atoms with Gasteiger partial charge in [-0.3, -0.25) is 15.0 Å². The van der Waals surface area contributed by atoms with Crippen LogP contribution in [-0.4, -0.2) is 85.0 Å². The van der Waals surface area contributed by atoms with E-state index < -0.39 is 17.7 Å². The lowest BCUT2D eigenvalue weighted by Crippen LogP contribution is -2.42. The van der Waals surface area contributed by atoms with E-state index in [-0.39, 0.29) is 23.6 Å². The number of rotatable bonds is 8. The topological polar surface area (TPSA) is 91.7 Å². The van der Waals surface area contributed by atoms with Crippen molar-refractivity contribution in [1.82, 2.24) is 24.9 Å². The first-order valence-corrected chi connectivity index (χ1v) is 12.3. The van der Waals surface area contributed by atoms with E-state index in [0.717, 1.165) is 6.07 Å². The maximum Gasteiger partial charge on any atom is 0.320 e. The number of hydrogen-bond acceptors (Lipinski definition) is 5. The predicted molar refractivity (Wildman–Crippen MR) is 140 cm³/mol. The Hall–Kier alpha value is -3.83. The molecule has 1 aromatic heterocycles. The number of carbonyl (C=O) groups is 2. The average Bonchev–Trinajstić information content (AvgIpc) is 3.45. The molecule has 2 aromatic carbocycles. The number of anilines is 1. The molecule has 1 saturated heterocycles. The zero-order valence-corrected chi connectivity index (χ0v) is 21.9. The largest absolute Gasteiger partial charge is 0.383 e. The Bertz CT molecular complexity index is 1300. The Balaban J connectivity index is 1.60. The summed E-state index contributed by atoms with van der Waals surface area (Å²) in [5.41, 5.74) is 2.02. The number of para-hydroxylation sites is 1. The normalized spacial score (nSPS) is 17.4. The summed E-state index contributed by atoms with van der Waals surface area (Å²) >= 11 is 0. The van der Waals surface area contributed by atoms with Gasteiger partial charge >= 0.3 is 6.03 Å². The van der Waals surface area contributed by atoms with Crippen LogP contribution in [0.25, 0.3) is 5.69 Å². The lowest BCUT2D eigenvalue weighted by molar-refractivity contribution is 0.0820. The van der Waals surface area contributed by atoms with Gasteiger partial charge in [-0.05, 0) is 36.8 Å². The predicted octanol–water partition coefficient (Wildman–Crippen LogP) is 3.40. The molecule has 4 rings (SSSR count). The fraction of sp³-hybridized carbons (Fsp3) is 0.370. The summed E-state index contributed by atoms with van der Waals surface area (Å²) in [4.78, 5) is 29.6. The Morgan fingerprint density at radius 2 is 1.84 bits per heavy atom. The Morgan fingerprint density at radius 1 is 1.11 bits per heavy atom. The zero-order valence-electron chi connectivity index (χ0n) is 21.9. The van der Waals surface area contributed by atoms with Gasteiger partial charge in [-0.15, -0.1) is 0 Å². The molecule has 2 N–H and O–H groups in total. The van der Waals surface area contributed by atoms with Gasteiger partial charge in [0.15, 0.2) is 17.3 Å². The van der Waals surface area contributed by atoms with E-state index in [1.807, 2.05) is 30.3 Å². The van der Waals surface area contributed by atoms with Crippen LogP contribution >= 0.6 is 0 Å². The lowest BCUT2D eigenvalue weighted by atomic mass is 9.94. The number of hydrogen-bond donors (Lipinski definition) is 2. The van der Waals surface area contributed by atoms with E-state index in [4.69, 9.17) is 4.74 Å². The van der Waals surface area contributed by atoms with Crippen LogP contribution in [0.1, 0.15) is 27.5 Å². The quantitative estimate of drug-likeness (QED) is 0.470. The highest BCUT2D eigenvalue weighted by Gasteiger charge is 2.35. The van der Waals surface area contributed by atoms with Gasteiger partial charge in [-0.1, -0.05) is 24.3 Å². The maximum absolute atomic E-state index is 14.0. The van der Waals surface area contributed by atoms with E-state index in [0.29, 0.717) is 48.9 Å². The van der Waals surface area contributed by atoms with Crippen LogP contribution in [0.3, 0.4) is 0 Å². The fourth-order valence-corrected chi connectivity index (χ4v) is 4.64. The number of amides is 3. The molecule has 0 radical (unpaired) electrons. The number of likely N-dealkylation sites (tertiary alicyclic amines) is 1. The molecule has 0 bridgehead atoms. The third kappa shape index (κ3) is 5.84. The van der Waals surface area contributed by atoms with Gasteiger partial charge in [0.2, 0.25) is 0 Å². The van der Waals surface area contributed by atoms with Gasteiger partial charge in [0.25, 0.3) is 5.91 Å². The van der Waals surface area contributed by atoms with Gasteiger partial charge in [-0.25, -0.2) is 18.3 Å². The molecule has 38 heavy (non-hydrogen) atoms. The van der Waals surface area contributed by atoms with E-state index in [2.05, 4.69) is 20.6 Å². The van der Waals surface area contributed by atoms with Gasteiger partial charge in [0, 0.05) is 52.3 Å². The average molecular weight is 527 g/mol. The number of benzene rings is 2. The molecule has 2 heterocycles.